The highest BCUT2D eigenvalue weighted by Crippen LogP contribution is 2.67. The van der Waals surface area contributed by atoms with Crippen LogP contribution in [0.15, 0.2) is 43.5 Å². The number of carbonyl (C=O) groups excluding carboxylic acids is 3. The van der Waals surface area contributed by atoms with Crippen LogP contribution in [0, 0.1) is 25.7 Å². The number of likely N-dealkylation sites (tertiary alicyclic amines) is 1. The fraction of sp³-hybridized carbons (Fsp3) is 0.567. The molecule has 4 rings (SSSR count). The predicted octanol–water partition coefficient (Wildman–Crippen LogP) is 4.19. The first kappa shape index (κ1) is 28.4. The molecule has 206 valence electrons. The zero-order chi connectivity index (χ0) is 27.6. The minimum Gasteiger partial charge on any atom is -0.465 e. The number of anilines is 1. The summed E-state index contributed by atoms with van der Waals surface area (Å²) in [5, 5.41) is 10.0. The van der Waals surface area contributed by atoms with Gasteiger partial charge in [-0.25, -0.2) is 0 Å². The van der Waals surface area contributed by atoms with E-state index in [0.29, 0.717) is 19.6 Å². The number of benzene rings is 1. The molecule has 0 radical (unpaired) electrons. The largest absolute Gasteiger partial charge is 0.465 e. The van der Waals surface area contributed by atoms with E-state index in [9.17, 15) is 19.5 Å². The number of aliphatic hydroxyl groups is 1. The summed E-state index contributed by atoms with van der Waals surface area (Å²) in [6, 6.07) is 4.62. The van der Waals surface area contributed by atoms with Gasteiger partial charge in [-0.2, -0.15) is 0 Å². The molecule has 0 aliphatic carbocycles. The van der Waals surface area contributed by atoms with E-state index in [2.05, 4.69) is 13.2 Å². The molecule has 3 fully saturated rings. The number of aliphatic hydroxyl groups excluding tert-OH is 1. The highest BCUT2D eigenvalue weighted by molar-refractivity contribution is 8.02. The van der Waals surface area contributed by atoms with Crippen LogP contribution in [0.25, 0.3) is 0 Å². The van der Waals surface area contributed by atoms with Crippen molar-refractivity contribution in [3.05, 3.63) is 54.6 Å². The summed E-state index contributed by atoms with van der Waals surface area (Å²) in [4.78, 5) is 45.2. The number of hydrogen-bond acceptors (Lipinski definition) is 6. The highest BCUT2D eigenvalue weighted by Gasteiger charge is 2.74. The lowest BCUT2D eigenvalue weighted by atomic mass is 9.71. The maximum atomic E-state index is 14.5. The number of fused-ring (bicyclic) bond motifs is 1. The number of unbranched alkanes of at least 4 members (excludes halogenated alkanes) is 2. The second-order valence-electron chi connectivity index (χ2n) is 10.8. The molecule has 1 aromatic carbocycles. The Morgan fingerprint density at radius 3 is 2.74 bits per heavy atom. The fourth-order valence-electron chi connectivity index (χ4n) is 6.45. The van der Waals surface area contributed by atoms with Gasteiger partial charge < -0.3 is 19.6 Å². The van der Waals surface area contributed by atoms with Crippen molar-refractivity contribution in [1.29, 1.82) is 0 Å². The van der Waals surface area contributed by atoms with Gasteiger partial charge in [0.15, 0.2) is 0 Å². The molecular weight excluding hydrogens is 500 g/mol. The van der Waals surface area contributed by atoms with E-state index in [1.54, 1.807) is 34.6 Å². The van der Waals surface area contributed by atoms with Crippen molar-refractivity contribution in [3.63, 3.8) is 0 Å². The molecule has 0 aromatic heterocycles. The minimum absolute atomic E-state index is 0.0555. The van der Waals surface area contributed by atoms with Gasteiger partial charge in [-0.15, -0.1) is 24.9 Å². The number of esters is 1. The number of ether oxygens (including phenoxy) is 1. The fourth-order valence-corrected chi connectivity index (χ4v) is 8.64. The molecule has 7 nitrogen and oxygen atoms in total. The molecule has 2 amide bonds. The Balaban J connectivity index is 1.69. The monoisotopic (exact) mass is 540 g/mol. The number of aryl methyl sites for hydroxylation is 2. The third kappa shape index (κ3) is 4.81. The van der Waals surface area contributed by atoms with Crippen molar-refractivity contribution in [2.24, 2.45) is 11.8 Å². The quantitative estimate of drug-likeness (QED) is 0.243. The molecule has 3 aliphatic heterocycles. The van der Waals surface area contributed by atoms with Gasteiger partial charge in [0.2, 0.25) is 5.91 Å². The summed E-state index contributed by atoms with van der Waals surface area (Å²) in [7, 11) is 0. The van der Waals surface area contributed by atoms with Crippen LogP contribution in [-0.4, -0.2) is 69.6 Å². The number of allylic oxidation sites excluding steroid dienone is 1. The zero-order valence-electron chi connectivity index (χ0n) is 22.7. The number of hydrogen-bond donors (Lipinski definition) is 1. The lowest BCUT2D eigenvalue weighted by Gasteiger charge is -2.39. The number of thioether (sulfide) groups is 1. The van der Waals surface area contributed by atoms with Crippen LogP contribution in [0.1, 0.15) is 50.2 Å². The summed E-state index contributed by atoms with van der Waals surface area (Å²) in [6.45, 7) is 13.6. The van der Waals surface area contributed by atoms with Crippen LogP contribution in [0.2, 0.25) is 0 Å². The Labute approximate surface area is 230 Å². The van der Waals surface area contributed by atoms with Crippen LogP contribution in [0.3, 0.4) is 0 Å². The van der Waals surface area contributed by atoms with Crippen LogP contribution in [0.4, 0.5) is 5.69 Å². The third-order valence-electron chi connectivity index (χ3n) is 8.26. The molecule has 1 spiro atoms. The Morgan fingerprint density at radius 1 is 1.29 bits per heavy atom. The summed E-state index contributed by atoms with van der Waals surface area (Å²) in [5.74, 6) is -1.99. The van der Waals surface area contributed by atoms with Crippen molar-refractivity contribution >= 4 is 35.2 Å². The van der Waals surface area contributed by atoms with E-state index in [0.717, 1.165) is 42.5 Å². The number of rotatable bonds is 12. The zero-order valence-corrected chi connectivity index (χ0v) is 23.5. The molecule has 3 heterocycles. The molecular formula is C30H40N2O5S. The first-order valence-electron chi connectivity index (χ1n) is 13.6. The van der Waals surface area contributed by atoms with Gasteiger partial charge in [0.05, 0.1) is 35.8 Å². The van der Waals surface area contributed by atoms with Gasteiger partial charge in [-0.05, 0) is 70.1 Å². The maximum absolute atomic E-state index is 14.5. The lowest BCUT2D eigenvalue weighted by molar-refractivity contribution is -0.154. The second-order valence-corrected chi connectivity index (χ2v) is 12.4. The molecule has 0 saturated carbocycles. The van der Waals surface area contributed by atoms with E-state index < -0.39 is 28.7 Å². The van der Waals surface area contributed by atoms with Crippen molar-refractivity contribution in [1.82, 2.24) is 4.90 Å². The maximum Gasteiger partial charge on any atom is 0.310 e. The highest BCUT2D eigenvalue weighted by atomic mass is 32.2. The van der Waals surface area contributed by atoms with Gasteiger partial charge in [0.25, 0.3) is 5.91 Å². The summed E-state index contributed by atoms with van der Waals surface area (Å²) in [6.07, 6.45) is 7.45. The molecule has 3 aliphatic rings. The molecule has 1 aromatic rings. The first-order chi connectivity index (χ1) is 18.2. The lowest BCUT2D eigenvalue weighted by Crippen LogP contribution is -2.57. The number of amides is 2. The molecule has 2 unspecified atom stereocenters. The molecule has 3 saturated heterocycles. The molecule has 38 heavy (non-hydrogen) atoms. The van der Waals surface area contributed by atoms with Crippen LogP contribution in [-0.2, 0) is 19.1 Å². The average Bonchev–Trinajstić information content (AvgIpc) is 3.55. The molecule has 1 N–H and O–H groups in total. The SMILES string of the molecule is C=CCCCCOC(=O)[C@@H]1[C@H]2C(=O)N([C@H](C)CO)C(C(=O)N(CC=C)c3cc(C)ccc3C)C23CC[C@H]1S3. The van der Waals surface area contributed by atoms with Gasteiger partial charge in [-0.1, -0.05) is 24.3 Å². The van der Waals surface area contributed by atoms with Crippen molar-refractivity contribution in [2.45, 2.75) is 75.0 Å². The number of nitrogens with zero attached hydrogens (tertiary/aromatic N) is 2. The van der Waals surface area contributed by atoms with Crippen molar-refractivity contribution < 1.29 is 24.2 Å². The summed E-state index contributed by atoms with van der Waals surface area (Å²) < 4.78 is 4.93. The van der Waals surface area contributed by atoms with E-state index in [4.69, 9.17) is 4.74 Å². The Hall–Kier alpha value is -2.58. The summed E-state index contributed by atoms with van der Waals surface area (Å²) >= 11 is 1.61. The van der Waals surface area contributed by atoms with Crippen LogP contribution in [0.5, 0.6) is 0 Å². The number of carbonyl (C=O) groups is 3. The smallest absolute Gasteiger partial charge is 0.310 e. The Morgan fingerprint density at radius 2 is 2.05 bits per heavy atom. The van der Waals surface area contributed by atoms with Crippen LogP contribution < -0.4 is 4.90 Å². The summed E-state index contributed by atoms with van der Waals surface area (Å²) in [5.41, 5.74) is 2.76. The molecule has 2 bridgehead atoms. The van der Waals surface area contributed by atoms with Crippen LogP contribution >= 0.6 is 11.8 Å². The Kier molecular flexibility index (Phi) is 8.72. The van der Waals surface area contributed by atoms with E-state index in [1.807, 2.05) is 38.1 Å². The van der Waals surface area contributed by atoms with Gasteiger partial charge in [0, 0.05) is 17.5 Å². The molecule has 8 heteroatoms. The van der Waals surface area contributed by atoms with Gasteiger partial charge in [0.1, 0.15) is 6.04 Å². The normalized spacial score (nSPS) is 28.2. The van der Waals surface area contributed by atoms with E-state index in [1.165, 1.54) is 0 Å². The van der Waals surface area contributed by atoms with Gasteiger partial charge >= 0.3 is 5.97 Å². The second kappa shape index (κ2) is 11.7. The minimum atomic E-state index is -0.789. The topological polar surface area (TPSA) is 87.1 Å². The van der Waals surface area contributed by atoms with E-state index >= 15 is 0 Å². The predicted molar refractivity (Wildman–Crippen MR) is 151 cm³/mol. The average molecular weight is 541 g/mol. The van der Waals surface area contributed by atoms with Crippen molar-refractivity contribution in [2.75, 3.05) is 24.7 Å². The molecule has 6 atom stereocenters. The van der Waals surface area contributed by atoms with E-state index in [-0.39, 0.29) is 29.6 Å². The van der Waals surface area contributed by atoms with Gasteiger partial charge in [-0.3, -0.25) is 14.4 Å². The standard InChI is InChI=1S/C30H40N2O5S/c1-6-8-9-10-16-37-29(36)24-23-13-14-30(38-23)25(24)27(34)32(21(5)18-33)26(30)28(35)31(15-7-2)22-17-19(3)11-12-20(22)4/h6-7,11-12,17,21,23-26,33H,1-2,8-10,13-16,18H2,3-5H3/t21-,23-,24+,25+,26?,30?/m1/s1. The first-order valence-corrected chi connectivity index (χ1v) is 14.5. The Bertz CT molecular complexity index is 1110. The van der Waals surface area contributed by atoms with Crippen molar-refractivity contribution in [3.8, 4) is 0 Å². The third-order valence-corrected chi connectivity index (χ3v) is 10.2.